The average Bonchev–Trinajstić information content (AvgIpc) is 2.42. The smallest absolute Gasteiger partial charge is 0.251 e. The van der Waals surface area contributed by atoms with Crippen LogP contribution in [0.4, 0.5) is 4.39 Å². The maximum atomic E-state index is 13.1. The van der Waals surface area contributed by atoms with Crippen LogP contribution < -0.4 is 5.32 Å². The van der Waals surface area contributed by atoms with E-state index >= 15 is 0 Å². The van der Waals surface area contributed by atoms with Crippen molar-refractivity contribution in [3.63, 3.8) is 0 Å². The van der Waals surface area contributed by atoms with Crippen molar-refractivity contribution in [3.05, 3.63) is 35.6 Å². The molecule has 0 heterocycles. The molecule has 0 atom stereocenters. The Labute approximate surface area is 153 Å². The van der Waals surface area contributed by atoms with Crippen molar-refractivity contribution in [1.29, 1.82) is 0 Å². The van der Waals surface area contributed by atoms with Gasteiger partial charge in [0.05, 0.1) is 0 Å². The van der Waals surface area contributed by atoms with E-state index in [0.29, 0.717) is 23.9 Å². The molecule has 0 aromatic heterocycles. The summed E-state index contributed by atoms with van der Waals surface area (Å²) in [4.78, 5) is 12.5. The minimum Gasteiger partial charge on any atom is -0.351 e. The van der Waals surface area contributed by atoms with E-state index < -0.39 is 0 Å². The molecule has 0 aliphatic rings. The van der Waals surface area contributed by atoms with Gasteiger partial charge in [0.15, 0.2) is 0 Å². The first-order valence-electron chi connectivity index (χ1n) is 9.46. The van der Waals surface area contributed by atoms with Gasteiger partial charge in [0.25, 0.3) is 5.91 Å². The zero-order valence-electron chi connectivity index (χ0n) is 17.1. The molecular formula is C22H36FNO. The summed E-state index contributed by atoms with van der Waals surface area (Å²) in [5, 5.41) is 3.13. The van der Waals surface area contributed by atoms with Crippen LogP contribution in [0.25, 0.3) is 0 Å². The molecule has 0 fully saturated rings. The van der Waals surface area contributed by atoms with E-state index in [-0.39, 0.29) is 22.6 Å². The minimum absolute atomic E-state index is 0.0796. The van der Waals surface area contributed by atoms with Gasteiger partial charge in [0, 0.05) is 12.1 Å². The number of carbonyl (C=O) groups excluding carboxylic acids is 1. The topological polar surface area (TPSA) is 29.1 Å². The lowest BCUT2D eigenvalue weighted by molar-refractivity contribution is 0.0815. The third-order valence-electron chi connectivity index (χ3n) is 4.32. The maximum Gasteiger partial charge on any atom is 0.251 e. The summed E-state index contributed by atoms with van der Waals surface area (Å²) < 4.78 is 13.1. The third kappa shape index (κ3) is 8.02. The van der Waals surface area contributed by atoms with Gasteiger partial charge in [-0.1, -0.05) is 48.5 Å². The molecule has 0 radical (unpaired) electrons. The SMILES string of the molecule is CC(C)CC(CNC(=O)c1ccc(F)cc1)(CC(C)C)CC(C)(C)C. The fourth-order valence-corrected chi connectivity index (χ4v) is 4.26. The summed E-state index contributed by atoms with van der Waals surface area (Å²) in [6.07, 6.45) is 3.25. The Morgan fingerprint density at radius 3 is 1.88 bits per heavy atom. The van der Waals surface area contributed by atoms with E-state index in [4.69, 9.17) is 0 Å². The largest absolute Gasteiger partial charge is 0.351 e. The molecule has 0 aliphatic carbocycles. The van der Waals surface area contributed by atoms with Gasteiger partial charge in [-0.15, -0.1) is 0 Å². The van der Waals surface area contributed by atoms with Crippen LogP contribution in [0.2, 0.25) is 0 Å². The van der Waals surface area contributed by atoms with Crippen molar-refractivity contribution in [2.24, 2.45) is 22.7 Å². The molecule has 1 aromatic carbocycles. The normalized spacial score (nSPS) is 12.7. The fourth-order valence-electron chi connectivity index (χ4n) is 4.26. The van der Waals surface area contributed by atoms with E-state index in [9.17, 15) is 9.18 Å². The van der Waals surface area contributed by atoms with Crippen LogP contribution in [0.15, 0.2) is 24.3 Å². The Hall–Kier alpha value is -1.38. The first kappa shape index (κ1) is 21.7. The molecule has 3 heteroatoms. The summed E-state index contributed by atoms with van der Waals surface area (Å²) >= 11 is 0. The molecule has 1 N–H and O–H groups in total. The van der Waals surface area contributed by atoms with Crippen LogP contribution in [0, 0.1) is 28.5 Å². The molecule has 0 aliphatic heterocycles. The van der Waals surface area contributed by atoms with Crippen molar-refractivity contribution in [1.82, 2.24) is 5.32 Å². The number of hydrogen-bond donors (Lipinski definition) is 1. The van der Waals surface area contributed by atoms with Crippen molar-refractivity contribution in [3.8, 4) is 0 Å². The number of amides is 1. The van der Waals surface area contributed by atoms with Gasteiger partial charge in [0.1, 0.15) is 5.82 Å². The van der Waals surface area contributed by atoms with E-state index in [0.717, 1.165) is 19.3 Å². The Bertz CT molecular complexity index is 530. The van der Waals surface area contributed by atoms with Gasteiger partial charge in [0.2, 0.25) is 0 Å². The highest BCUT2D eigenvalue weighted by molar-refractivity contribution is 5.94. The first-order valence-corrected chi connectivity index (χ1v) is 9.46. The van der Waals surface area contributed by atoms with Crippen LogP contribution in [-0.4, -0.2) is 12.5 Å². The molecule has 1 aromatic rings. The van der Waals surface area contributed by atoms with Gasteiger partial charge >= 0.3 is 0 Å². The molecule has 0 bridgehead atoms. The molecule has 0 saturated carbocycles. The third-order valence-corrected chi connectivity index (χ3v) is 4.32. The van der Waals surface area contributed by atoms with E-state index in [1.165, 1.54) is 12.1 Å². The van der Waals surface area contributed by atoms with Crippen LogP contribution in [0.1, 0.15) is 78.1 Å². The van der Waals surface area contributed by atoms with Crippen LogP contribution in [0.5, 0.6) is 0 Å². The highest BCUT2D eigenvalue weighted by Gasteiger charge is 2.36. The predicted molar refractivity (Wildman–Crippen MR) is 104 cm³/mol. The number of nitrogens with one attached hydrogen (secondary N) is 1. The predicted octanol–water partition coefficient (Wildman–Crippen LogP) is 6.07. The number of halogens is 1. The molecule has 25 heavy (non-hydrogen) atoms. The second-order valence-corrected chi connectivity index (χ2v) is 9.62. The summed E-state index contributed by atoms with van der Waals surface area (Å²) in [6, 6.07) is 5.75. The highest BCUT2D eigenvalue weighted by Crippen LogP contribution is 2.43. The second kappa shape index (κ2) is 8.82. The van der Waals surface area contributed by atoms with Gasteiger partial charge in [-0.25, -0.2) is 4.39 Å². The first-order chi connectivity index (χ1) is 11.4. The lowest BCUT2D eigenvalue weighted by atomic mass is 9.66. The van der Waals surface area contributed by atoms with Crippen molar-refractivity contribution in [2.75, 3.05) is 6.54 Å². The Kier molecular flexibility index (Phi) is 7.64. The molecule has 2 nitrogen and oxygen atoms in total. The zero-order chi connectivity index (χ0) is 19.3. The summed E-state index contributed by atoms with van der Waals surface area (Å²) in [5.41, 5.74) is 0.792. The average molecular weight is 350 g/mol. The second-order valence-electron chi connectivity index (χ2n) is 9.62. The Morgan fingerprint density at radius 1 is 1.00 bits per heavy atom. The fraction of sp³-hybridized carbons (Fsp3) is 0.682. The molecular weight excluding hydrogens is 313 g/mol. The number of carbonyl (C=O) groups is 1. The van der Waals surface area contributed by atoms with Gasteiger partial charge in [-0.3, -0.25) is 4.79 Å². The highest BCUT2D eigenvalue weighted by atomic mass is 19.1. The lowest BCUT2D eigenvalue weighted by Gasteiger charge is -2.41. The standard InChI is InChI=1S/C22H36FNO/c1-16(2)12-22(13-17(3)4,14-21(5,6)7)15-24-20(25)18-8-10-19(23)11-9-18/h8-11,16-17H,12-15H2,1-7H3,(H,24,25). The quantitative estimate of drug-likeness (QED) is 0.606. The Morgan fingerprint density at radius 2 is 1.48 bits per heavy atom. The lowest BCUT2D eigenvalue weighted by Crippen LogP contribution is -2.41. The molecule has 1 rings (SSSR count). The summed E-state index contributed by atoms with van der Waals surface area (Å²) in [7, 11) is 0. The van der Waals surface area contributed by atoms with Crippen molar-refractivity contribution >= 4 is 5.91 Å². The zero-order valence-corrected chi connectivity index (χ0v) is 17.1. The summed E-state index contributed by atoms with van der Waals surface area (Å²) in [5.74, 6) is 0.705. The minimum atomic E-state index is -0.321. The molecule has 142 valence electrons. The van der Waals surface area contributed by atoms with Crippen LogP contribution >= 0.6 is 0 Å². The van der Waals surface area contributed by atoms with E-state index in [2.05, 4.69) is 53.8 Å². The Balaban J connectivity index is 2.96. The van der Waals surface area contributed by atoms with Crippen molar-refractivity contribution < 1.29 is 9.18 Å². The molecule has 0 unspecified atom stereocenters. The monoisotopic (exact) mass is 349 g/mol. The maximum absolute atomic E-state index is 13.1. The van der Waals surface area contributed by atoms with E-state index in [1.54, 1.807) is 12.1 Å². The van der Waals surface area contributed by atoms with Crippen molar-refractivity contribution in [2.45, 2.75) is 67.7 Å². The summed E-state index contributed by atoms with van der Waals surface area (Å²) in [6.45, 7) is 16.5. The van der Waals surface area contributed by atoms with Gasteiger partial charge in [-0.2, -0.15) is 0 Å². The van der Waals surface area contributed by atoms with Crippen LogP contribution in [0.3, 0.4) is 0 Å². The number of rotatable bonds is 8. The van der Waals surface area contributed by atoms with Gasteiger partial charge in [-0.05, 0) is 66.2 Å². The van der Waals surface area contributed by atoms with Crippen LogP contribution in [-0.2, 0) is 0 Å². The number of hydrogen-bond acceptors (Lipinski definition) is 1. The van der Waals surface area contributed by atoms with Gasteiger partial charge < -0.3 is 5.32 Å². The molecule has 0 spiro atoms. The number of benzene rings is 1. The van der Waals surface area contributed by atoms with E-state index in [1.807, 2.05) is 0 Å². The molecule has 1 amide bonds. The molecule has 0 saturated heterocycles.